The Bertz CT molecular complexity index is 464. The summed E-state index contributed by atoms with van der Waals surface area (Å²) in [5, 5.41) is 3.81. The van der Waals surface area contributed by atoms with Gasteiger partial charge in [-0.15, -0.1) is 0 Å². The molecule has 2 rings (SSSR count). The fourth-order valence-corrected chi connectivity index (χ4v) is 3.81. The zero-order valence-corrected chi connectivity index (χ0v) is 13.2. The van der Waals surface area contributed by atoms with Gasteiger partial charge in [0.05, 0.1) is 7.11 Å². The molecule has 4 heteroatoms. The van der Waals surface area contributed by atoms with E-state index in [2.05, 4.69) is 19.2 Å². The highest BCUT2D eigenvalue weighted by Crippen LogP contribution is 2.29. The number of carbonyl (C=O) groups is 1. The van der Waals surface area contributed by atoms with Gasteiger partial charge in [0.1, 0.15) is 5.75 Å². The molecule has 0 aliphatic carbocycles. The van der Waals surface area contributed by atoms with Crippen LogP contribution in [0.1, 0.15) is 38.2 Å². The maximum Gasteiger partial charge on any atom is 0.220 e. The zero-order valence-electron chi connectivity index (χ0n) is 12.4. The first kappa shape index (κ1) is 15.2. The lowest BCUT2D eigenvalue weighted by Gasteiger charge is -2.17. The molecule has 1 N–H and O–H groups in total. The number of ether oxygens (including phenoxy) is 1. The Morgan fingerprint density at radius 1 is 1.50 bits per heavy atom. The van der Waals surface area contributed by atoms with Crippen molar-refractivity contribution in [2.45, 2.75) is 43.9 Å². The van der Waals surface area contributed by atoms with Gasteiger partial charge in [-0.2, -0.15) is 11.8 Å². The van der Waals surface area contributed by atoms with Crippen molar-refractivity contribution in [2.24, 2.45) is 0 Å². The number of para-hydroxylation sites is 1. The Labute approximate surface area is 125 Å². The highest BCUT2D eigenvalue weighted by molar-refractivity contribution is 8.00. The lowest BCUT2D eigenvalue weighted by atomic mass is 9.96. The molecular weight excluding hydrogens is 270 g/mol. The molecule has 1 aromatic carbocycles. The van der Waals surface area contributed by atoms with Gasteiger partial charge in [-0.05, 0) is 24.0 Å². The summed E-state index contributed by atoms with van der Waals surface area (Å²) in [5.74, 6) is 2.20. The normalized spacial score (nSPS) is 23.4. The van der Waals surface area contributed by atoms with Gasteiger partial charge in [-0.25, -0.2) is 0 Å². The van der Waals surface area contributed by atoms with E-state index in [9.17, 15) is 4.79 Å². The van der Waals surface area contributed by atoms with Crippen LogP contribution >= 0.6 is 11.8 Å². The van der Waals surface area contributed by atoms with Crippen molar-refractivity contribution in [3.63, 3.8) is 0 Å². The molecule has 1 aromatic rings. The van der Waals surface area contributed by atoms with E-state index in [1.165, 1.54) is 0 Å². The van der Waals surface area contributed by atoms with Crippen LogP contribution in [0.15, 0.2) is 24.3 Å². The minimum absolute atomic E-state index is 0.142. The molecule has 0 bridgehead atoms. The summed E-state index contributed by atoms with van der Waals surface area (Å²) in [5.41, 5.74) is 1.10. The number of hydrogen-bond donors (Lipinski definition) is 1. The van der Waals surface area contributed by atoms with E-state index in [4.69, 9.17) is 4.74 Å². The highest BCUT2D eigenvalue weighted by Gasteiger charge is 2.24. The molecule has 3 atom stereocenters. The van der Waals surface area contributed by atoms with Gasteiger partial charge in [-0.3, -0.25) is 4.79 Å². The molecule has 1 fully saturated rings. The third-order valence-corrected chi connectivity index (χ3v) is 5.08. The van der Waals surface area contributed by atoms with Gasteiger partial charge in [-0.1, -0.05) is 32.0 Å². The number of carbonyl (C=O) groups excluding carboxylic acids is 1. The largest absolute Gasteiger partial charge is 0.496 e. The average Bonchev–Trinajstić information content (AvgIpc) is 2.83. The topological polar surface area (TPSA) is 38.3 Å². The number of hydrogen-bond acceptors (Lipinski definition) is 3. The lowest BCUT2D eigenvalue weighted by Crippen LogP contribution is -2.35. The van der Waals surface area contributed by atoms with Crippen LogP contribution in [0.3, 0.4) is 0 Å². The van der Waals surface area contributed by atoms with E-state index in [0.717, 1.165) is 23.5 Å². The summed E-state index contributed by atoms with van der Waals surface area (Å²) < 4.78 is 5.36. The fraction of sp³-hybridized carbons (Fsp3) is 0.562. The van der Waals surface area contributed by atoms with Crippen molar-refractivity contribution in [2.75, 3.05) is 12.9 Å². The number of rotatable bonds is 5. The predicted octanol–water partition coefficient (Wildman–Crippen LogP) is 3.20. The maximum absolute atomic E-state index is 12.1. The van der Waals surface area contributed by atoms with Gasteiger partial charge in [0.15, 0.2) is 0 Å². The van der Waals surface area contributed by atoms with Crippen LogP contribution in [-0.2, 0) is 4.79 Å². The lowest BCUT2D eigenvalue weighted by molar-refractivity contribution is -0.121. The summed E-state index contributed by atoms with van der Waals surface area (Å²) in [6.45, 7) is 4.29. The number of methoxy groups -OCH3 is 1. The van der Waals surface area contributed by atoms with Crippen molar-refractivity contribution in [1.29, 1.82) is 0 Å². The van der Waals surface area contributed by atoms with E-state index < -0.39 is 0 Å². The molecule has 1 aliphatic rings. The number of benzene rings is 1. The number of thioether (sulfide) groups is 1. The second-order valence-corrected chi connectivity index (χ2v) is 6.96. The molecule has 0 radical (unpaired) electrons. The third kappa shape index (κ3) is 3.92. The van der Waals surface area contributed by atoms with Crippen LogP contribution in [0.2, 0.25) is 0 Å². The summed E-state index contributed by atoms with van der Waals surface area (Å²) in [4.78, 5) is 12.1. The van der Waals surface area contributed by atoms with Crippen LogP contribution < -0.4 is 10.1 Å². The Kier molecular flexibility index (Phi) is 5.35. The summed E-state index contributed by atoms with van der Waals surface area (Å²) >= 11 is 1.93. The molecule has 1 aliphatic heterocycles. The Morgan fingerprint density at radius 3 is 2.90 bits per heavy atom. The first-order valence-electron chi connectivity index (χ1n) is 7.14. The van der Waals surface area contributed by atoms with Crippen molar-refractivity contribution >= 4 is 17.7 Å². The van der Waals surface area contributed by atoms with Crippen LogP contribution in [-0.4, -0.2) is 30.1 Å². The first-order valence-corrected chi connectivity index (χ1v) is 8.19. The predicted molar refractivity (Wildman–Crippen MR) is 84.5 cm³/mol. The minimum Gasteiger partial charge on any atom is -0.496 e. The molecular formula is C16H23NO2S. The van der Waals surface area contributed by atoms with Crippen molar-refractivity contribution in [1.82, 2.24) is 5.32 Å². The van der Waals surface area contributed by atoms with Crippen LogP contribution in [0, 0.1) is 0 Å². The first-order chi connectivity index (χ1) is 9.60. The molecule has 0 aromatic heterocycles. The van der Waals surface area contributed by atoms with E-state index in [1.807, 2.05) is 36.0 Å². The van der Waals surface area contributed by atoms with Crippen LogP contribution in [0.4, 0.5) is 0 Å². The van der Waals surface area contributed by atoms with Gasteiger partial charge < -0.3 is 10.1 Å². The number of amides is 1. The third-order valence-electron chi connectivity index (χ3n) is 3.72. The molecule has 1 saturated heterocycles. The van der Waals surface area contributed by atoms with Gasteiger partial charge >= 0.3 is 0 Å². The molecule has 3 nitrogen and oxygen atoms in total. The smallest absolute Gasteiger partial charge is 0.220 e. The molecule has 0 unspecified atom stereocenters. The monoisotopic (exact) mass is 293 g/mol. The summed E-state index contributed by atoms with van der Waals surface area (Å²) in [6, 6.07) is 8.25. The van der Waals surface area contributed by atoms with E-state index >= 15 is 0 Å². The molecule has 0 spiro atoms. The molecule has 110 valence electrons. The standard InChI is InChI=1S/C16H23NO2S/c1-11(14-6-4-5-7-15(14)19-3)8-16(18)17-13-9-12(2)20-10-13/h4-7,11-13H,8-10H2,1-3H3,(H,17,18)/t11-,12-,13+/m1/s1. The van der Waals surface area contributed by atoms with Crippen LogP contribution in [0.5, 0.6) is 5.75 Å². The molecule has 1 heterocycles. The Hall–Kier alpha value is -1.16. The van der Waals surface area contributed by atoms with E-state index in [1.54, 1.807) is 7.11 Å². The molecule has 0 saturated carbocycles. The average molecular weight is 293 g/mol. The number of nitrogens with one attached hydrogen (secondary N) is 1. The van der Waals surface area contributed by atoms with E-state index in [0.29, 0.717) is 17.7 Å². The van der Waals surface area contributed by atoms with Crippen molar-refractivity contribution < 1.29 is 9.53 Å². The van der Waals surface area contributed by atoms with Gasteiger partial charge in [0.2, 0.25) is 5.91 Å². The maximum atomic E-state index is 12.1. The summed E-state index contributed by atoms with van der Waals surface area (Å²) in [7, 11) is 1.67. The van der Waals surface area contributed by atoms with Crippen molar-refractivity contribution in [3.05, 3.63) is 29.8 Å². The zero-order chi connectivity index (χ0) is 14.5. The Morgan fingerprint density at radius 2 is 2.25 bits per heavy atom. The van der Waals surface area contributed by atoms with Gasteiger partial charge in [0, 0.05) is 23.5 Å². The fourth-order valence-electron chi connectivity index (χ4n) is 2.67. The molecule has 1 amide bonds. The van der Waals surface area contributed by atoms with Crippen molar-refractivity contribution in [3.8, 4) is 5.75 Å². The molecule has 20 heavy (non-hydrogen) atoms. The van der Waals surface area contributed by atoms with E-state index in [-0.39, 0.29) is 11.8 Å². The Balaban J connectivity index is 1.90. The second-order valence-electron chi connectivity index (χ2n) is 5.49. The van der Waals surface area contributed by atoms with Gasteiger partial charge in [0.25, 0.3) is 0 Å². The second kappa shape index (κ2) is 7.02. The van der Waals surface area contributed by atoms with Crippen LogP contribution in [0.25, 0.3) is 0 Å². The summed E-state index contributed by atoms with van der Waals surface area (Å²) in [6.07, 6.45) is 1.59. The minimum atomic E-state index is 0.142. The quantitative estimate of drug-likeness (QED) is 0.906. The SMILES string of the molecule is COc1ccccc1[C@H](C)CC(=O)N[C@@H]1CS[C@H](C)C1. The highest BCUT2D eigenvalue weighted by atomic mass is 32.2.